The Bertz CT molecular complexity index is 157. The van der Waals surface area contributed by atoms with Gasteiger partial charge in [-0.3, -0.25) is 0 Å². The van der Waals surface area contributed by atoms with Crippen molar-refractivity contribution >= 4 is 15.6 Å². The summed E-state index contributed by atoms with van der Waals surface area (Å²) >= 11 is 0. The van der Waals surface area contributed by atoms with Crippen LogP contribution in [-0.2, 0) is 71.9 Å². The van der Waals surface area contributed by atoms with Crippen LogP contribution in [0.3, 0.4) is 0 Å². The molecule has 0 aliphatic rings. The Morgan fingerprint density at radius 1 is 0.750 bits per heavy atom. The molecule has 0 amide bonds. The van der Waals surface area contributed by atoms with Crippen LogP contribution in [-0.4, -0.2) is 19.6 Å². The molecule has 0 atom stereocenters. The minimum Gasteiger partial charge on any atom is -0.302 e. The molecular weight excluding hydrogens is 370 g/mol. The predicted molar refractivity (Wildman–Crippen MR) is 25.2 cm³/mol. The van der Waals surface area contributed by atoms with Crippen LogP contribution in [0, 0.1) is 0 Å². The molecule has 0 rings (SSSR count). The number of hydrogen-bond acceptors (Lipinski definition) is 3. The van der Waals surface area contributed by atoms with Crippen LogP contribution < -0.4 is 0 Å². The van der Waals surface area contributed by atoms with Gasteiger partial charge < -0.3 is 19.6 Å². The Hall–Kier alpha value is 2.13. The zero-order chi connectivity index (χ0) is 7.71. The van der Waals surface area contributed by atoms with E-state index in [1.165, 1.54) is 0 Å². The Morgan fingerprint density at radius 3 is 0.917 bits per heavy atom. The van der Waals surface area contributed by atoms with Gasteiger partial charge >= 0.3 is 74.1 Å². The second-order valence-corrected chi connectivity index (χ2v) is 3.68. The Kier molecular flexibility index (Phi) is 16.7. The largest absolute Gasteiger partial charge is 2.00 e. The van der Waals surface area contributed by atoms with Crippen molar-refractivity contribution in [3.8, 4) is 0 Å². The fourth-order valence-corrected chi connectivity index (χ4v) is 1.25. The molecule has 0 unspecified atom stereocenters. The van der Waals surface area contributed by atoms with Crippen LogP contribution in [0.4, 0.5) is 0 Å². The van der Waals surface area contributed by atoms with Crippen LogP contribution in [0.5, 0.6) is 0 Å². The van der Waals surface area contributed by atoms with Gasteiger partial charge in [0, 0.05) is 0 Å². The normalized spacial score (nSPS) is 10.3. The van der Waals surface area contributed by atoms with Gasteiger partial charge in [0.05, 0.1) is 0 Å². The third kappa shape index (κ3) is 22.7. The van der Waals surface area contributed by atoms with E-state index in [9.17, 15) is 9.13 Å². The minimum atomic E-state index is -5.05. The molecule has 7 nitrogen and oxygen atoms in total. The molecule has 0 aromatic rings. The smallest absolute Gasteiger partial charge is 0.302 e. The summed E-state index contributed by atoms with van der Waals surface area (Å²) in [6.45, 7) is 0. The zero-order valence-corrected chi connectivity index (χ0v) is 16.7. The van der Waals surface area contributed by atoms with E-state index in [4.69, 9.17) is 19.6 Å². The molecule has 0 saturated carbocycles. The second-order valence-electron chi connectivity index (χ2n) is 1.06. The first kappa shape index (κ1) is 23.7. The van der Waals surface area contributed by atoms with Crippen molar-refractivity contribution < 1.29 is 91.4 Å². The van der Waals surface area contributed by atoms with E-state index in [-0.39, 0.29) is 58.4 Å². The maximum atomic E-state index is 9.63. The quantitative estimate of drug-likeness (QED) is 0.368. The monoisotopic (exact) mass is 370 g/mol. The SMILES string of the molecule is O=P(O)(O)OP(=O)(O)O.[Zn+2].[Zn+2].[Zn+2]. The molecule has 0 saturated heterocycles. The van der Waals surface area contributed by atoms with Gasteiger partial charge in [-0.15, -0.1) is 0 Å². The molecule has 0 aromatic heterocycles. The van der Waals surface area contributed by atoms with Gasteiger partial charge in [0.1, 0.15) is 0 Å². The molecule has 0 heterocycles. The van der Waals surface area contributed by atoms with Crippen LogP contribution >= 0.6 is 15.6 Å². The standard InChI is InChI=1S/H4O7P2.3Zn/c1-8(2,3)7-9(4,5)6;;;/h(H2,1,2,3)(H2,4,5,6);;;/q;3*+2. The molecule has 0 radical (unpaired) electrons. The Morgan fingerprint density at radius 2 is 0.917 bits per heavy atom. The summed E-state index contributed by atoms with van der Waals surface area (Å²) in [5.74, 6) is 0. The Balaban J connectivity index is -0.000000107. The van der Waals surface area contributed by atoms with Gasteiger partial charge in [0.2, 0.25) is 0 Å². The molecule has 56 valence electrons. The topological polar surface area (TPSA) is 124 Å². The Labute approximate surface area is 106 Å². The second kappa shape index (κ2) is 8.44. The van der Waals surface area contributed by atoms with Crippen LogP contribution in [0.25, 0.3) is 0 Å². The van der Waals surface area contributed by atoms with E-state index in [1.54, 1.807) is 0 Å². The number of rotatable bonds is 2. The van der Waals surface area contributed by atoms with Gasteiger partial charge in [0.25, 0.3) is 0 Å². The number of hydrogen-bond donors (Lipinski definition) is 4. The van der Waals surface area contributed by atoms with Crippen molar-refractivity contribution in [1.29, 1.82) is 0 Å². The van der Waals surface area contributed by atoms with Crippen molar-refractivity contribution in [2.45, 2.75) is 0 Å². The summed E-state index contributed by atoms with van der Waals surface area (Å²) in [5.41, 5.74) is 0. The van der Waals surface area contributed by atoms with Crippen LogP contribution in [0.1, 0.15) is 0 Å². The van der Waals surface area contributed by atoms with Gasteiger partial charge in [-0.1, -0.05) is 0 Å². The zero-order valence-electron chi connectivity index (χ0n) is 6.03. The summed E-state index contributed by atoms with van der Waals surface area (Å²) in [6, 6.07) is 0. The minimum absolute atomic E-state index is 0. The maximum Gasteiger partial charge on any atom is 2.00 e. The first-order chi connectivity index (χ1) is 3.71. The third-order valence-corrected chi connectivity index (χ3v) is 1.91. The molecule has 0 spiro atoms. The van der Waals surface area contributed by atoms with E-state index in [0.29, 0.717) is 0 Å². The third-order valence-electron chi connectivity index (χ3n) is 0.213. The predicted octanol–water partition coefficient (Wildman–Crippen LogP) is -0.819. The molecule has 0 bridgehead atoms. The van der Waals surface area contributed by atoms with Crippen molar-refractivity contribution in [2.75, 3.05) is 0 Å². The molecule has 0 aromatic carbocycles. The van der Waals surface area contributed by atoms with Crippen molar-refractivity contribution in [3.05, 3.63) is 0 Å². The van der Waals surface area contributed by atoms with E-state index in [0.717, 1.165) is 0 Å². The molecule has 0 aliphatic heterocycles. The molecule has 12 heteroatoms. The molecule has 0 fully saturated rings. The van der Waals surface area contributed by atoms with E-state index >= 15 is 0 Å². The average molecular weight is 374 g/mol. The molecular formula is H4O7P2Zn3+6. The first-order valence-corrected chi connectivity index (χ1v) is 4.59. The van der Waals surface area contributed by atoms with Crippen molar-refractivity contribution in [1.82, 2.24) is 0 Å². The van der Waals surface area contributed by atoms with Gasteiger partial charge in [-0.25, -0.2) is 9.13 Å². The summed E-state index contributed by atoms with van der Waals surface area (Å²) in [5, 5.41) is 0. The number of phosphoric acid groups is 2. The summed E-state index contributed by atoms with van der Waals surface area (Å²) < 4.78 is 22.2. The fourth-order valence-electron chi connectivity index (χ4n) is 0.139. The summed E-state index contributed by atoms with van der Waals surface area (Å²) in [4.78, 5) is 31.0. The molecule has 12 heavy (non-hydrogen) atoms. The van der Waals surface area contributed by atoms with Crippen molar-refractivity contribution in [2.24, 2.45) is 0 Å². The van der Waals surface area contributed by atoms with Gasteiger partial charge in [0.15, 0.2) is 0 Å². The van der Waals surface area contributed by atoms with Crippen LogP contribution in [0.15, 0.2) is 0 Å². The maximum absolute atomic E-state index is 9.63. The average Bonchev–Trinajstić information content (AvgIpc) is 1.14. The summed E-state index contributed by atoms with van der Waals surface area (Å²) in [6.07, 6.45) is 0. The van der Waals surface area contributed by atoms with Crippen LogP contribution in [0.2, 0.25) is 0 Å². The van der Waals surface area contributed by atoms with E-state index < -0.39 is 15.6 Å². The first-order valence-electron chi connectivity index (χ1n) is 1.53. The summed E-state index contributed by atoms with van der Waals surface area (Å²) in [7, 11) is -10.1. The molecule has 4 N–H and O–H groups in total. The van der Waals surface area contributed by atoms with Gasteiger partial charge in [-0.2, -0.15) is 4.31 Å². The molecule has 0 aliphatic carbocycles. The van der Waals surface area contributed by atoms with Crippen molar-refractivity contribution in [3.63, 3.8) is 0 Å². The van der Waals surface area contributed by atoms with E-state index in [2.05, 4.69) is 4.31 Å². The van der Waals surface area contributed by atoms with Gasteiger partial charge in [-0.05, 0) is 0 Å². The van der Waals surface area contributed by atoms with E-state index in [1.807, 2.05) is 0 Å². The fraction of sp³-hybridized carbons (Fsp3) is 0.